The Bertz CT molecular complexity index is 670. The first-order valence-corrected chi connectivity index (χ1v) is 7.60. The van der Waals surface area contributed by atoms with Gasteiger partial charge in [-0.05, 0) is 50.7 Å². The SMILES string of the molecule is COc1cc(C2NC(=S)NC(C)=C2C(=O)OC(C)C)ccc1O. The maximum absolute atomic E-state index is 12.4. The minimum Gasteiger partial charge on any atom is -0.504 e. The Morgan fingerprint density at radius 1 is 1.39 bits per heavy atom. The van der Waals surface area contributed by atoms with Gasteiger partial charge < -0.3 is 25.2 Å². The lowest BCUT2D eigenvalue weighted by molar-refractivity contribution is -0.143. The number of esters is 1. The summed E-state index contributed by atoms with van der Waals surface area (Å²) in [5.41, 5.74) is 1.81. The molecule has 7 heteroatoms. The van der Waals surface area contributed by atoms with E-state index in [0.717, 1.165) is 5.56 Å². The zero-order chi connectivity index (χ0) is 17.1. The predicted molar refractivity (Wildman–Crippen MR) is 90.2 cm³/mol. The number of phenolic OH excluding ortho intramolecular Hbond substituents is 1. The molecule has 6 nitrogen and oxygen atoms in total. The van der Waals surface area contributed by atoms with Gasteiger partial charge >= 0.3 is 5.97 Å². The van der Waals surface area contributed by atoms with Crippen LogP contribution in [0.25, 0.3) is 0 Å². The van der Waals surface area contributed by atoms with E-state index in [2.05, 4.69) is 10.6 Å². The van der Waals surface area contributed by atoms with Crippen molar-refractivity contribution in [3.05, 3.63) is 35.0 Å². The molecular formula is C16H20N2O4S. The Morgan fingerprint density at radius 3 is 2.70 bits per heavy atom. The van der Waals surface area contributed by atoms with Crippen molar-refractivity contribution in [1.82, 2.24) is 10.6 Å². The first kappa shape index (κ1) is 17.1. The average Bonchev–Trinajstić information content (AvgIpc) is 2.45. The van der Waals surface area contributed by atoms with Gasteiger partial charge in [-0.15, -0.1) is 0 Å². The highest BCUT2D eigenvalue weighted by atomic mass is 32.1. The number of hydrogen-bond donors (Lipinski definition) is 3. The van der Waals surface area contributed by atoms with Crippen LogP contribution < -0.4 is 15.4 Å². The van der Waals surface area contributed by atoms with Crippen LogP contribution in [0.5, 0.6) is 11.5 Å². The van der Waals surface area contributed by atoms with E-state index in [4.69, 9.17) is 21.7 Å². The highest BCUT2D eigenvalue weighted by Gasteiger charge is 2.31. The van der Waals surface area contributed by atoms with E-state index in [9.17, 15) is 9.90 Å². The molecule has 1 atom stereocenters. The van der Waals surface area contributed by atoms with E-state index in [1.54, 1.807) is 32.9 Å². The van der Waals surface area contributed by atoms with Crippen molar-refractivity contribution in [3.63, 3.8) is 0 Å². The molecule has 1 heterocycles. The quantitative estimate of drug-likeness (QED) is 0.574. The maximum Gasteiger partial charge on any atom is 0.338 e. The summed E-state index contributed by atoms with van der Waals surface area (Å²) in [7, 11) is 1.47. The summed E-state index contributed by atoms with van der Waals surface area (Å²) in [6.45, 7) is 5.36. The molecule has 0 saturated heterocycles. The standard InChI is InChI=1S/C16H20N2O4S/c1-8(2)22-15(20)13-9(3)17-16(23)18-14(13)10-5-6-11(19)12(7-10)21-4/h5-8,14,19H,1-4H3,(H2,17,18,23). The molecule has 1 unspecified atom stereocenters. The fourth-order valence-corrected chi connectivity index (χ4v) is 2.64. The number of aromatic hydroxyl groups is 1. The second-order valence-corrected chi connectivity index (χ2v) is 5.86. The first-order valence-electron chi connectivity index (χ1n) is 7.19. The van der Waals surface area contributed by atoms with Gasteiger partial charge in [0.2, 0.25) is 0 Å². The Balaban J connectivity index is 2.46. The van der Waals surface area contributed by atoms with Gasteiger partial charge in [0.15, 0.2) is 16.6 Å². The van der Waals surface area contributed by atoms with Crippen molar-refractivity contribution < 1.29 is 19.4 Å². The van der Waals surface area contributed by atoms with Crippen molar-refractivity contribution in [2.75, 3.05) is 7.11 Å². The van der Waals surface area contributed by atoms with Crippen LogP contribution in [0.1, 0.15) is 32.4 Å². The topological polar surface area (TPSA) is 79.8 Å². The van der Waals surface area contributed by atoms with E-state index in [-0.39, 0.29) is 11.9 Å². The summed E-state index contributed by atoms with van der Waals surface area (Å²) in [6, 6.07) is 4.40. The minimum absolute atomic E-state index is 0.0276. The van der Waals surface area contributed by atoms with Gasteiger partial charge in [-0.25, -0.2) is 4.79 Å². The van der Waals surface area contributed by atoms with E-state index >= 15 is 0 Å². The molecule has 124 valence electrons. The summed E-state index contributed by atoms with van der Waals surface area (Å²) in [6.07, 6.45) is -0.230. The maximum atomic E-state index is 12.4. The van der Waals surface area contributed by atoms with Gasteiger partial charge in [0.25, 0.3) is 0 Å². The van der Waals surface area contributed by atoms with Crippen LogP contribution in [0.2, 0.25) is 0 Å². The van der Waals surface area contributed by atoms with Crippen molar-refractivity contribution in [2.24, 2.45) is 0 Å². The number of phenols is 1. The van der Waals surface area contributed by atoms with Crippen LogP contribution in [0, 0.1) is 0 Å². The van der Waals surface area contributed by atoms with Gasteiger partial charge in [-0.2, -0.15) is 0 Å². The molecule has 1 aromatic rings. The number of thiocarbonyl (C=S) groups is 1. The van der Waals surface area contributed by atoms with Crippen LogP contribution >= 0.6 is 12.2 Å². The van der Waals surface area contributed by atoms with Gasteiger partial charge in [0.05, 0.1) is 24.8 Å². The third-order valence-corrected chi connectivity index (χ3v) is 3.59. The van der Waals surface area contributed by atoms with E-state index < -0.39 is 12.0 Å². The first-order chi connectivity index (χ1) is 10.8. The number of methoxy groups -OCH3 is 1. The third kappa shape index (κ3) is 3.73. The summed E-state index contributed by atoms with van der Waals surface area (Å²) < 4.78 is 10.5. The molecule has 0 aromatic heterocycles. The van der Waals surface area contributed by atoms with Gasteiger partial charge in [-0.1, -0.05) is 6.07 Å². The fraction of sp³-hybridized carbons (Fsp3) is 0.375. The molecule has 23 heavy (non-hydrogen) atoms. The van der Waals surface area contributed by atoms with Crippen LogP contribution in [0.3, 0.4) is 0 Å². The van der Waals surface area contributed by atoms with Crippen molar-refractivity contribution in [3.8, 4) is 11.5 Å². The summed E-state index contributed by atoms with van der Waals surface area (Å²) in [5.74, 6) is -0.0696. The molecule has 0 fully saturated rings. The third-order valence-electron chi connectivity index (χ3n) is 3.37. The minimum atomic E-state index is -0.482. The normalized spacial score (nSPS) is 17.6. The molecule has 0 saturated carbocycles. The monoisotopic (exact) mass is 336 g/mol. The second-order valence-electron chi connectivity index (χ2n) is 5.46. The largest absolute Gasteiger partial charge is 0.504 e. The molecule has 3 N–H and O–H groups in total. The molecule has 2 rings (SSSR count). The van der Waals surface area contributed by atoms with Crippen LogP contribution in [0.15, 0.2) is 29.5 Å². The smallest absolute Gasteiger partial charge is 0.338 e. The number of ether oxygens (including phenoxy) is 2. The molecule has 1 aromatic carbocycles. The van der Waals surface area contributed by atoms with Crippen LogP contribution in [-0.4, -0.2) is 29.4 Å². The average molecular weight is 336 g/mol. The number of carbonyl (C=O) groups is 1. The molecule has 1 aliphatic heterocycles. The van der Waals surface area contributed by atoms with E-state index in [1.807, 2.05) is 0 Å². The Hall–Kier alpha value is -2.28. The zero-order valence-corrected chi connectivity index (χ0v) is 14.3. The molecule has 0 bridgehead atoms. The Morgan fingerprint density at radius 2 is 2.09 bits per heavy atom. The Labute approximate surface area is 140 Å². The predicted octanol–water partition coefficient (Wildman–Crippen LogP) is 2.15. The van der Waals surface area contributed by atoms with E-state index in [1.165, 1.54) is 13.2 Å². The van der Waals surface area contributed by atoms with Gasteiger partial charge in [-0.3, -0.25) is 0 Å². The molecule has 0 spiro atoms. The molecular weight excluding hydrogens is 316 g/mol. The Kier molecular flexibility index (Phi) is 5.10. The highest BCUT2D eigenvalue weighted by Crippen LogP contribution is 2.33. The van der Waals surface area contributed by atoms with Crippen molar-refractivity contribution in [1.29, 1.82) is 0 Å². The van der Waals surface area contributed by atoms with Crippen molar-refractivity contribution in [2.45, 2.75) is 32.9 Å². The van der Waals surface area contributed by atoms with Crippen LogP contribution in [0.4, 0.5) is 0 Å². The molecule has 0 amide bonds. The zero-order valence-electron chi connectivity index (χ0n) is 13.5. The van der Waals surface area contributed by atoms with Gasteiger partial charge in [0, 0.05) is 5.70 Å². The number of nitrogens with one attached hydrogen (secondary N) is 2. The van der Waals surface area contributed by atoms with Crippen LogP contribution in [-0.2, 0) is 9.53 Å². The fourth-order valence-electron chi connectivity index (χ4n) is 2.37. The number of allylic oxidation sites excluding steroid dienone is 1. The molecule has 0 radical (unpaired) electrons. The highest BCUT2D eigenvalue weighted by molar-refractivity contribution is 7.80. The molecule has 0 aliphatic carbocycles. The number of carbonyl (C=O) groups excluding carboxylic acids is 1. The lowest BCUT2D eigenvalue weighted by Gasteiger charge is -2.30. The number of hydrogen-bond acceptors (Lipinski definition) is 5. The lowest BCUT2D eigenvalue weighted by atomic mass is 9.95. The number of benzene rings is 1. The van der Waals surface area contributed by atoms with Gasteiger partial charge in [0.1, 0.15) is 0 Å². The lowest BCUT2D eigenvalue weighted by Crippen LogP contribution is -2.45. The summed E-state index contributed by atoms with van der Waals surface area (Å²) in [4.78, 5) is 12.4. The van der Waals surface area contributed by atoms with Crippen molar-refractivity contribution >= 4 is 23.3 Å². The summed E-state index contributed by atoms with van der Waals surface area (Å²) in [5, 5.41) is 16.2. The van der Waals surface area contributed by atoms with E-state index in [0.29, 0.717) is 22.1 Å². The summed E-state index contributed by atoms with van der Waals surface area (Å²) >= 11 is 5.19. The number of rotatable bonds is 4. The molecule has 1 aliphatic rings. The second kappa shape index (κ2) is 6.87.